The quantitative estimate of drug-likeness (QED) is 0.855. The predicted octanol–water partition coefficient (Wildman–Crippen LogP) is 2.45. The van der Waals surface area contributed by atoms with E-state index in [0.717, 1.165) is 12.8 Å². The van der Waals surface area contributed by atoms with Gasteiger partial charge in [0.2, 0.25) is 5.91 Å². The summed E-state index contributed by atoms with van der Waals surface area (Å²) < 4.78 is 0. The van der Waals surface area contributed by atoms with Gasteiger partial charge in [0.25, 0.3) is 5.91 Å². The summed E-state index contributed by atoms with van der Waals surface area (Å²) >= 11 is 0. The Bertz CT molecular complexity index is 675. The molecule has 4 amide bonds. The molecule has 1 saturated heterocycles. The van der Waals surface area contributed by atoms with Crippen LogP contribution in [0.2, 0.25) is 0 Å². The number of amides is 4. The van der Waals surface area contributed by atoms with Gasteiger partial charge in [-0.25, -0.2) is 4.79 Å². The number of carbonyl (C=O) groups excluding carboxylic acids is 3. The first-order chi connectivity index (χ1) is 13.0. The summed E-state index contributed by atoms with van der Waals surface area (Å²) in [6.07, 6.45) is 5.78. The Morgan fingerprint density at radius 3 is 2.07 bits per heavy atom. The Morgan fingerprint density at radius 2 is 1.48 bits per heavy atom. The first kappa shape index (κ1) is 19.2. The molecule has 146 valence electrons. The first-order valence-corrected chi connectivity index (χ1v) is 9.75. The molecule has 1 saturated carbocycles. The number of carbonyl (C=O) groups is 3. The fourth-order valence-electron chi connectivity index (χ4n) is 3.71. The number of anilines is 1. The Kier molecular flexibility index (Phi) is 6.32. The van der Waals surface area contributed by atoms with Crippen molar-refractivity contribution in [2.75, 3.05) is 31.5 Å². The maximum atomic E-state index is 12.6. The van der Waals surface area contributed by atoms with Gasteiger partial charge >= 0.3 is 6.03 Å². The highest BCUT2D eigenvalue weighted by atomic mass is 16.2. The Balaban J connectivity index is 1.48. The van der Waals surface area contributed by atoms with E-state index in [1.165, 1.54) is 26.2 Å². The van der Waals surface area contributed by atoms with Gasteiger partial charge in [-0.15, -0.1) is 0 Å². The molecule has 0 atom stereocenters. The molecule has 7 heteroatoms. The molecule has 1 heterocycles. The normalized spacial score (nSPS) is 18.1. The summed E-state index contributed by atoms with van der Waals surface area (Å²) in [7, 11) is 0. The molecule has 7 nitrogen and oxygen atoms in total. The predicted molar refractivity (Wildman–Crippen MR) is 104 cm³/mol. The number of nitrogens with one attached hydrogen (secondary N) is 2. The summed E-state index contributed by atoms with van der Waals surface area (Å²) in [6.45, 7) is 3.61. The molecule has 0 radical (unpaired) electrons. The van der Waals surface area contributed by atoms with Gasteiger partial charge < -0.3 is 20.4 Å². The van der Waals surface area contributed by atoms with Crippen LogP contribution in [-0.4, -0.2) is 59.9 Å². The van der Waals surface area contributed by atoms with Crippen molar-refractivity contribution in [3.05, 3.63) is 29.8 Å². The molecule has 0 bridgehead atoms. The van der Waals surface area contributed by atoms with Crippen LogP contribution in [0.15, 0.2) is 24.3 Å². The smallest absolute Gasteiger partial charge is 0.317 e. The second kappa shape index (κ2) is 8.88. The van der Waals surface area contributed by atoms with Crippen molar-refractivity contribution in [2.45, 2.75) is 45.1 Å². The molecule has 1 aliphatic heterocycles. The summed E-state index contributed by atoms with van der Waals surface area (Å²) in [5, 5.41) is 5.82. The van der Waals surface area contributed by atoms with Crippen molar-refractivity contribution < 1.29 is 14.4 Å². The third-order valence-corrected chi connectivity index (χ3v) is 5.24. The number of hydrogen-bond donors (Lipinski definition) is 2. The second-order valence-corrected chi connectivity index (χ2v) is 7.32. The van der Waals surface area contributed by atoms with E-state index in [1.54, 1.807) is 34.1 Å². The average molecular weight is 372 g/mol. The molecule has 0 unspecified atom stereocenters. The molecular formula is C20H28N4O3. The molecule has 1 aromatic carbocycles. The van der Waals surface area contributed by atoms with E-state index in [2.05, 4.69) is 10.6 Å². The van der Waals surface area contributed by atoms with Gasteiger partial charge in [0.05, 0.1) is 0 Å². The Hall–Kier alpha value is -2.57. The molecule has 27 heavy (non-hydrogen) atoms. The van der Waals surface area contributed by atoms with Gasteiger partial charge in [-0.05, 0) is 37.1 Å². The summed E-state index contributed by atoms with van der Waals surface area (Å²) in [6, 6.07) is 7.18. The topological polar surface area (TPSA) is 81.8 Å². The number of rotatable bonds is 3. The van der Waals surface area contributed by atoms with Crippen molar-refractivity contribution in [2.24, 2.45) is 0 Å². The van der Waals surface area contributed by atoms with Crippen LogP contribution in [0.4, 0.5) is 10.5 Å². The van der Waals surface area contributed by atoms with Gasteiger partial charge in [0.1, 0.15) is 0 Å². The molecule has 2 N–H and O–H groups in total. The number of nitrogens with zero attached hydrogens (tertiary/aromatic N) is 2. The minimum Gasteiger partial charge on any atom is -0.335 e. The fraction of sp³-hybridized carbons (Fsp3) is 0.550. The molecule has 3 rings (SSSR count). The zero-order valence-corrected chi connectivity index (χ0v) is 15.9. The number of hydrogen-bond acceptors (Lipinski definition) is 3. The summed E-state index contributed by atoms with van der Waals surface area (Å²) in [5.41, 5.74) is 1.26. The van der Waals surface area contributed by atoms with Crippen molar-refractivity contribution in [3.63, 3.8) is 0 Å². The van der Waals surface area contributed by atoms with Crippen molar-refractivity contribution >= 4 is 23.5 Å². The van der Waals surface area contributed by atoms with Crippen LogP contribution >= 0.6 is 0 Å². The molecule has 1 aromatic rings. The highest BCUT2D eigenvalue weighted by molar-refractivity contribution is 5.95. The van der Waals surface area contributed by atoms with Crippen molar-refractivity contribution in [3.8, 4) is 0 Å². The largest absolute Gasteiger partial charge is 0.335 e. The van der Waals surface area contributed by atoms with Crippen molar-refractivity contribution in [1.29, 1.82) is 0 Å². The molecule has 0 aromatic heterocycles. The van der Waals surface area contributed by atoms with Gasteiger partial charge in [-0.1, -0.05) is 19.3 Å². The lowest BCUT2D eigenvalue weighted by molar-refractivity contribution is -0.114. The van der Waals surface area contributed by atoms with E-state index in [9.17, 15) is 14.4 Å². The summed E-state index contributed by atoms with van der Waals surface area (Å²) in [5.74, 6) is -0.187. The van der Waals surface area contributed by atoms with Gasteiger partial charge in [0, 0.05) is 50.4 Å². The van der Waals surface area contributed by atoms with Crippen LogP contribution in [-0.2, 0) is 4.79 Å². The van der Waals surface area contributed by atoms with E-state index in [-0.39, 0.29) is 17.8 Å². The zero-order valence-electron chi connectivity index (χ0n) is 15.9. The standard InChI is InChI=1S/C20H28N4O3/c1-15(25)21-18-9-7-16(8-10-18)19(26)23-11-13-24(14-12-23)20(27)22-17-5-3-2-4-6-17/h7-10,17H,2-6,11-14H2,1H3,(H,21,25)(H,22,27). The molecular weight excluding hydrogens is 344 g/mol. The monoisotopic (exact) mass is 372 g/mol. The van der Waals surface area contributed by atoms with Gasteiger partial charge in [-0.3, -0.25) is 9.59 Å². The number of urea groups is 1. The lowest BCUT2D eigenvalue weighted by atomic mass is 9.96. The van der Waals surface area contributed by atoms with Crippen LogP contribution < -0.4 is 10.6 Å². The van der Waals surface area contributed by atoms with E-state index < -0.39 is 0 Å². The molecule has 2 aliphatic rings. The SMILES string of the molecule is CC(=O)Nc1ccc(C(=O)N2CCN(C(=O)NC3CCCCC3)CC2)cc1. The van der Waals surface area contributed by atoms with Crippen LogP contribution in [0.3, 0.4) is 0 Å². The van der Waals surface area contributed by atoms with E-state index in [0.29, 0.717) is 43.5 Å². The van der Waals surface area contributed by atoms with E-state index in [1.807, 2.05) is 0 Å². The molecule has 1 aliphatic carbocycles. The highest BCUT2D eigenvalue weighted by Crippen LogP contribution is 2.18. The maximum absolute atomic E-state index is 12.6. The molecule has 2 fully saturated rings. The minimum absolute atomic E-state index is 0.00587. The number of benzene rings is 1. The van der Waals surface area contributed by atoms with Crippen molar-refractivity contribution in [1.82, 2.24) is 15.1 Å². The van der Waals surface area contributed by atoms with Crippen LogP contribution in [0.1, 0.15) is 49.4 Å². The maximum Gasteiger partial charge on any atom is 0.317 e. The van der Waals surface area contributed by atoms with Crippen LogP contribution in [0, 0.1) is 0 Å². The number of piperazine rings is 1. The van der Waals surface area contributed by atoms with Crippen LogP contribution in [0.25, 0.3) is 0 Å². The first-order valence-electron chi connectivity index (χ1n) is 9.75. The second-order valence-electron chi connectivity index (χ2n) is 7.32. The lowest BCUT2D eigenvalue weighted by Crippen LogP contribution is -2.54. The lowest BCUT2D eigenvalue weighted by Gasteiger charge is -2.36. The van der Waals surface area contributed by atoms with Gasteiger partial charge in [-0.2, -0.15) is 0 Å². The fourth-order valence-corrected chi connectivity index (χ4v) is 3.71. The van der Waals surface area contributed by atoms with E-state index >= 15 is 0 Å². The van der Waals surface area contributed by atoms with E-state index in [4.69, 9.17) is 0 Å². The highest BCUT2D eigenvalue weighted by Gasteiger charge is 2.26. The third-order valence-electron chi connectivity index (χ3n) is 5.24. The average Bonchev–Trinajstić information content (AvgIpc) is 2.68. The van der Waals surface area contributed by atoms with Crippen LogP contribution in [0.5, 0.6) is 0 Å². The third kappa shape index (κ3) is 5.21. The Labute approximate surface area is 160 Å². The zero-order chi connectivity index (χ0) is 19.2. The summed E-state index contributed by atoms with van der Waals surface area (Å²) in [4.78, 5) is 39.7. The molecule has 0 spiro atoms. The minimum atomic E-state index is -0.142. The Morgan fingerprint density at radius 1 is 0.889 bits per heavy atom. The van der Waals surface area contributed by atoms with Gasteiger partial charge in [0.15, 0.2) is 0 Å².